The van der Waals surface area contributed by atoms with E-state index in [2.05, 4.69) is 64.1 Å². The van der Waals surface area contributed by atoms with E-state index in [1.807, 2.05) is 42.5 Å². The van der Waals surface area contributed by atoms with Gasteiger partial charge in [0.15, 0.2) is 0 Å². The van der Waals surface area contributed by atoms with Crippen molar-refractivity contribution in [2.75, 3.05) is 7.11 Å². The maximum atomic E-state index is 10.8. The molecule has 0 amide bonds. The Hall–Kier alpha value is -3.36. The fraction of sp³-hybridized carbons (Fsp3) is 0.219. The van der Waals surface area contributed by atoms with Gasteiger partial charge < -0.3 is 4.74 Å². The normalized spacial score (nSPS) is 13.0. The van der Waals surface area contributed by atoms with E-state index in [1.165, 1.54) is 11.6 Å². The van der Waals surface area contributed by atoms with Crippen molar-refractivity contribution in [2.45, 2.75) is 34.1 Å². The van der Waals surface area contributed by atoms with Crippen LogP contribution in [0.2, 0.25) is 0 Å². The molecule has 2 nitrogen and oxygen atoms in total. The summed E-state index contributed by atoms with van der Waals surface area (Å²) in [5.41, 5.74) is 8.88. The minimum absolute atomic E-state index is 0.187. The van der Waals surface area contributed by atoms with Crippen molar-refractivity contribution in [3.05, 3.63) is 112 Å². The van der Waals surface area contributed by atoms with Crippen molar-refractivity contribution < 1.29 is 9.53 Å². The number of carbonyl (C=O) groups is 1. The summed E-state index contributed by atoms with van der Waals surface area (Å²) in [4.78, 5) is 10.8. The Morgan fingerprint density at radius 2 is 1.57 bits per heavy atom. The minimum atomic E-state index is 0.187. The third-order valence-electron chi connectivity index (χ3n) is 6.13. The van der Waals surface area contributed by atoms with Crippen molar-refractivity contribution in [1.82, 2.24) is 0 Å². The summed E-state index contributed by atoms with van der Waals surface area (Å²) in [5, 5.41) is 0.775. The van der Waals surface area contributed by atoms with Gasteiger partial charge in [-0.05, 0) is 82.0 Å². The van der Waals surface area contributed by atoms with E-state index in [9.17, 15) is 4.79 Å². The molecule has 180 valence electrons. The average Bonchev–Trinajstić information content (AvgIpc) is 2.88. The molecule has 0 unspecified atom stereocenters. The summed E-state index contributed by atoms with van der Waals surface area (Å²) < 4.78 is 5.39. The fourth-order valence-electron chi connectivity index (χ4n) is 4.34. The molecule has 0 fully saturated rings. The number of halogens is 1. The first kappa shape index (κ1) is 26.2. The quantitative estimate of drug-likeness (QED) is 0.131. The lowest BCUT2D eigenvalue weighted by Gasteiger charge is -2.24. The monoisotopic (exact) mass is 484 g/mol. The highest BCUT2D eigenvalue weighted by molar-refractivity contribution is 6.50. The first-order valence-electron chi connectivity index (χ1n) is 12.0. The van der Waals surface area contributed by atoms with Crippen LogP contribution in [0.4, 0.5) is 0 Å². The summed E-state index contributed by atoms with van der Waals surface area (Å²) in [6.45, 7) is 8.66. The standard InChI is InChI=1S/C32H33ClO2/c1-6-28(25-17-19-27(35-5)20-18-25)31(26-15-13-24(14-16-26)11-9-21-34)30(22(2)3)32(33)29-12-8-7-10-23(29)4/h7-22H,6H2,1-5H3/b11-9+,31-28+,32-30-. The first-order valence-corrected chi connectivity index (χ1v) is 12.3. The molecule has 0 radical (unpaired) electrons. The van der Waals surface area contributed by atoms with Gasteiger partial charge in [-0.3, -0.25) is 4.79 Å². The molecule has 0 aliphatic rings. The van der Waals surface area contributed by atoms with Crippen molar-refractivity contribution in [1.29, 1.82) is 0 Å². The number of carbonyl (C=O) groups excluding carboxylic acids is 1. The maximum Gasteiger partial charge on any atom is 0.142 e. The van der Waals surface area contributed by atoms with Crippen LogP contribution in [-0.4, -0.2) is 13.4 Å². The van der Waals surface area contributed by atoms with E-state index in [4.69, 9.17) is 16.3 Å². The number of hydrogen-bond acceptors (Lipinski definition) is 2. The molecule has 0 saturated carbocycles. The Bertz CT molecular complexity index is 1240. The lowest BCUT2D eigenvalue weighted by Crippen LogP contribution is -2.05. The van der Waals surface area contributed by atoms with Gasteiger partial charge in [0.25, 0.3) is 0 Å². The van der Waals surface area contributed by atoms with Crippen molar-refractivity contribution in [3.8, 4) is 5.75 Å². The van der Waals surface area contributed by atoms with E-state index in [1.54, 1.807) is 7.11 Å². The Kier molecular flexibility index (Phi) is 9.28. The first-order chi connectivity index (χ1) is 16.9. The van der Waals surface area contributed by atoms with Gasteiger partial charge in [0.2, 0.25) is 0 Å². The number of aryl methyl sites for hydroxylation is 1. The van der Waals surface area contributed by atoms with Crippen LogP contribution in [0.15, 0.2) is 84.4 Å². The van der Waals surface area contributed by atoms with E-state index >= 15 is 0 Å². The largest absolute Gasteiger partial charge is 0.497 e. The third-order valence-corrected chi connectivity index (χ3v) is 6.53. The number of methoxy groups -OCH3 is 1. The second kappa shape index (κ2) is 12.4. The molecular formula is C32H33ClO2. The Balaban J connectivity index is 2.36. The zero-order chi connectivity index (χ0) is 25.4. The Morgan fingerprint density at radius 3 is 2.11 bits per heavy atom. The van der Waals surface area contributed by atoms with Gasteiger partial charge in [0, 0.05) is 0 Å². The molecule has 0 aliphatic heterocycles. The van der Waals surface area contributed by atoms with Crippen LogP contribution in [-0.2, 0) is 4.79 Å². The highest BCUT2D eigenvalue weighted by atomic mass is 35.5. The highest BCUT2D eigenvalue weighted by Gasteiger charge is 2.22. The average molecular weight is 485 g/mol. The minimum Gasteiger partial charge on any atom is -0.497 e. The summed E-state index contributed by atoms with van der Waals surface area (Å²) >= 11 is 7.23. The van der Waals surface area contributed by atoms with Crippen molar-refractivity contribution in [3.63, 3.8) is 0 Å². The molecule has 0 bridgehead atoms. The predicted molar refractivity (Wildman–Crippen MR) is 150 cm³/mol. The number of benzene rings is 3. The summed E-state index contributed by atoms with van der Waals surface area (Å²) in [7, 11) is 1.68. The molecule has 0 aromatic heterocycles. The summed E-state index contributed by atoms with van der Waals surface area (Å²) in [6.07, 6.45) is 4.95. The van der Waals surface area contributed by atoms with E-state index in [-0.39, 0.29) is 5.92 Å². The second-order valence-corrected chi connectivity index (χ2v) is 9.13. The van der Waals surface area contributed by atoms with Crippen LogP contribution in [0.5, 0.6) is 5.75 Å². The van der Waals surface area contributed by atoms with Crippen molar-refractivity contribution >= 4 is 40.1 Å². The molecule has 3 rings (SSSR count). The fourth-order valence-corrected chi connectivity index (χ4v) is 4.86. The molecular weight excluding hydrogens is 452 g/mol. The van der Waals surface area contributed by atoms with Gasteiger partial charge in [-0.25, -0.2) is 0 Å². The Morgan fingerprint density at radius 1 is 0.943 bits per heavy atom. The van der Waals surface area contributed by atoms with Gasteiger partial charge in [0.05, 0.1) is 12.1 Å². The summed E-state index contributed by atoms with van der Waals surface area (Å²) in [5.74, 6) is 1.01. The number of aldehydes is 1. The molecule has 0 atom stereocenters. The van der Waals surface area contributed by atoms with Crippen LogP contribution >= 0.6 is 11.6 Å². The lowest BCUT2D eigenvalue weighted by molar-refractivity contribution is -0.104. The van der Waals surface area contributed by atoms with Crippen molar-refractivity contribution in [2.24, 2.45) is 5.92 Å². The second-order valence-electron chi connectivity index (χ2n) is 8.75. The number of hydrogen-bond donors (Lipinski definition) is 0. The molecule has 3 aromatic carbocycles. The molecule has 0 spiro atoms. The van der Waals surface area contributed by atoms with Crippen LogP contribution in [0.3, 0.4) is 0 Å². The Labute approximate surface area is 214 Å². The van der Waals surface area contributed by atoms with Gasteiger partial charge in [-0.2, -0.15) is 0 Å². The SMILES string of the molecule is CC/C(=C(\C(=C(/Cl)c1ccccc1C)C(C)C)c1ccc(/C=C/C=O)cc1)c1ccc(OC)cc1. The molecule has 0 aliphatic carbocycles. The number of ether oxygens (including phenoxy) is 1. The highest BCUT2D eigenvalue weighted by Crippen LogP contribution is 2.43. The molecule has 3 heteroatoms. The zero-order valence-corrected chi connectivity index (χ0v) is 21.9. The molecule has 0 saturated heterocycles. The van der Waals surface area contributed by atoms with E-state index < -0.39 is 0 Å². The third kappa shape index (κ3) is 6.21. The van der Waals surface area contributed by atoms with Crippen LogP contribution < -0.4 is 4.74 Å². The van der Waals surface area contributed by atoms with Gasteiger partial charge in [-0.15, -0.1) is 0 Å². The van der Waals surface area contributed by atoms with Crippen LogP contribution in [0.25, 0.3) is 22.3 Å². The van der Waals surface area contributed by atoms with Crippen LogP contribution in [0.1, 0.15) is 55.0 Å². The van der Waals surface area contributed by atoms with Gasteiger partial charge in [0.1, 0.15) is 12.0 Å². The van der Waals surface area contributed by atoms with Gasteiger partial charge in [-0.1, -0.05) is 99.1 Å². The lowest BCUT2D eigenvalue weighted by atomic mass is 9.82. The van der Waals surface area contributed by atoms with E-state index in [0.717, 1.165) is 62.5 Å². The number of allylic oxidation sites excluding steroid dienone is 4. The van der Waals surface area contributed by atoms with Crippen LogP contribution in [0, 0.1) is 12.8 Å². The molecule has 0 heterocycles. The van der Waals surface area contributed by atoms with E-state index in [0.29, 0.717) is 0 Å². The smallest absolute Gasteiger partial charge is 0.142 e. The predicted octanol–water partition coefficient (Wildman–Crippen LogP) is 8.84. The molecule has 3 aromatic rings. The zero-order valence-electron chi connectivity index (χ0n) is 21.1. The molecule has 35 heavy (non-hydrogen) atoms. The maximum absolute atomic E-state index is 10.8. The van der Waals surface area contributed by atoms with Gasteiger partial charge >= 0.3 is 0 Å². The number of rotatable bonds is 9. The topological polar surface area (TPSA) is 26.3 Å². The molecule has 0 N–H and O–H groups in total. The summed E-state index contributed by atoms with van der Waals surface area (Å²) in [6, 6.07) is 24.8.